The summed E-state index contributed by atoms with van der Waals surface area (Å²) in [6.07, 6.45) is 1.83. The number of aromatic nitrogens is 1. The first kappa shape index (κ1) is 9.21. The Morgan fingerprint density at radius 2 is 2.08 bits per heavy atom. The Kier molecular flexibility index (Phi) is 2.19. The van der Waals surface area contributed by atoms with Crippen LogP contribution in [0.25, 0.3) is 4.83 Å². The molecule has 2 aromatic heterocycles. The molecule has 2 rings (SSSR count). The van der Waals surface area contributed by atoms with Gasteiger partial charge < -0.3 is 0 Å². The minimum absolute atomic E-state index is 0.106. The highest BCUT2D eigenvalue weighted by Gasteiger charge is 2.09. The SMILES string of the molecule is Cc1c(C)c(=O)n2ccsc2c1I. The molecule has 0 aromatic carbocycles. The van der Waals surface area contributed by atoms with Gasteiger partial charge in [0.15, 0.2) is 0 Å². The fourth-order valence-corrected chi connectivity index (χ4v) is 3.13. The van der Waals surface area contributed by atoms with Crippen molar-refractivity contribution in [3.05, 3.63) is 36.6 Å². The zero-order chi connectivity index (χ0) is 9.59. The van der Waals surface area contributed by atoms with Crippen LogP contribution in [0.4, 0.5) is 0 Å². The van der Waals surface area contributed by atoms with Crippen molar-refractivity contribution in [3.8, 4) is 0 Å². The van der Waals surface area contributed by atoms with Crippen LogP contribution in [0.5, 0.6) is 0 Å². The third-order valence-electron chi connectivity index (χ3n) is 2.23. The predicted molar refractivity (Wildman–Crippen MR) is 63.7 cm³/mol. The van der Waals surface area contributed by atoms with Gasteiger partial charge in [0.05, 0.1) is 3.57 Å². The first-order chi connectivity index (χ1) is 6.13. The van der Waals surface area contributed by atoms with E-state index in [1.54, 1.807) is 15.7 Å². The van der Waals surface area contributed by atoms with E-state index >= 15 is 0 Å². The minimum Gasteiger partial charge on any atom is -0.273 e. The largest absolute Gasteiger partial charge is 0.273 e. The second-order valence-corrected chi connectivity index (χ2v) is 4.92. The van der Waals surface area contributed by atoms with E-state index in [4.69, 9.17) is 0 Å². The molecule has 0 aliphatic heterocycles. The van der Waals surface area contributed by atoms with Crippen LogP contribution in [0.2, 0.25) is 0 Å². The van der Waals surface area contributed by atoms with Crippen LogP contribution in [-0.4, -0.2) is 4.40 Å². The fraction of sp³-hybridized carbons (Fsp3) is 0.222. The van der Waals surface area contributed by atoms with Crippen LogP contribution >= 0.6 is 33.9 Å². The first-order valence-electron chi connectivity index (χ1n) is 3.87. The topological polar surface area (TPSA) is 21.5 Å². The molecule has 68 valence electrons. The van der Waals surface area contributed by atoms with Gasteiger partial charge in [0.25, 0.3) is 5.56 Å². The van der Waals surface area contributed by atoms with Crippen molar-refractivity contribution in [3.63, 3.8) is 0 Å². The van der Waals surface area contributed by atoms with E-state index in [1.807, 2.05) is 25.4 Å². The van der Waals surface area contributed by atoms with Crippen LogP contribution in [0.15, 0.2) is 16.4 Å². The number of rotatable bonds is 0. The van der Waals surface area contributed by atoms with E-state index in [1.165, 1.54) is 3.57 Å². The van der Waals surface area contributed by atoms with Crippen LogP contribution in [0.3, 0.4) is 0 Å². The van der Waals surface area contributed by atoms with Crippen molar-refractivity contribution in [2.75, 3.05) is 0 Å². The lowest BCUT2D eigenvalue weighted by atomic mass is 10.2. The number of fused-ring (bicyclic) bond motifs is 1. The molecule has 13 heavy (non-hydrogen) atoms. The van der Waals surface area contributed by atoms with Gasteiger partial charge in [-0.05, 0) is 42.0 Å². The molecule has 2 heterocycles. The van der Waals surface area contributed by atoms with Crippen LogP contribution in [0, 0.1) is 17.4 Å². The molecule has 0 N–H and O–H groups in total. The molecule has 0 unspecified atom stereocenters. The normalized spacial score (nSPS) is 11.0. The van der Waals surface area contributed by atoms with Gasteiger partial charge in [0.1, 0.15) is 4.83 Å². The molecule has 0 aliphatic carbocycles. The van der Waals surface area contributed by atoms with E-state index in [2.05, 4.69) is 22.6 Å². The van der Waals surface area contributed by atoms with E-state index in [9.17, 15) is 4.79 Å². The van der Waals surface area contributed by atoms with Gasteiger partial charge in [-0.25, -0.2) is 0 Å². The van der Waals surface area contributed by atoms with Gasteiger partial charge in [-0.15, -0.1) is 11.3 Å². The third-order valence-corrected chi connectivity index (χ3v) is 4.80. The van der Waals surface area contributed by atoms with Gasteiger partial charge in [0, 0.05) is 17.1 Å². The lowest BCUT2D eigenvalue weighted by Crippen LogP contribution is -2.16. The second-order valence-electron chi connectivity index (χ2n) is 2.95. The third kappa shape index (κ3) is 1.23. The van der Waals surface area contributed by atoms with E-state index in [-0.39, 0.29) is 5.56 Å². The Bertz CT molecular complexity index is 526. The summed E-state index contributed by atoms with van der Waals surface area (Å²) in [5.41, 5.74) is 2.06. The zero-order valence-corrected chi connectivity index (χ0v) is 10.3. The molecule has 0 aliphatic rings. The average molecular weight is 305 g/mol. The summed E-state index contributed by atoms with van der Waals surface area (Å²) in [6, 6.07) is 0. The molecule has 0 bridgehead atoms. The fourth-order valence-electron chi connectivity index (χ4n) is 1.26. The van der Waals surface area contributed by atoms with Gasteiger partial charge in [-0.2, -0.15) is 0 Å². The van der Waals surface area contributed by atoms with Crippen LogP contribution in [-0.2, 0) is 0 Å². The summed E-state index contributed by atoms with van der Waals surface area (Å²) in [5.74, 6) is 0. The monoisotopic (exact) mass is 305 g/mol. The smallest absolute Gasteiger partial charge is 0.258 e. The Morgan fingerprint density at radius 1 is 1.38 bits per heavy atom. The molecule has 0 saturated carbocycles. The molecule has 0 radical (unpaired) electrons. The standard InChI is InChI=1S/C9H8INOS/c1-5-6(2)8(12)11-3-4-13-9(11)7(5)10/h3-4H,1-2H3. The van der Waals surface area contributed by atoms with E-state index < -0.39 is 0 Å². The predicted octanol–water partition coefficient (Wildman–Crippen LogP) is 2.58. The van der Waals surface area contributed by atoms with E-state index in [0.717, 1.165) is 16.0 Å². The maximum atomic E-state index is 11.7. The van der Waals surface area contributed by atoms with Gasteiger partial charge in [0.2, 0.25) is 0 Å². The number of hydrogen-bond donors (Lipinski definition) is 0. The Hall–Kier alpha value is -0.360. The van der Waals surface area contributed by atoms with Crippen LogP contribution in [0.1, 0.15) is 11.1 Å². The van der Waals surface area contributed by atoms with E-state index in [0.29, 0.717) is 0 Å². The quantitative estimate of drug-likeness (QED) is 0.686. The Balaban J connectivity index is 3.11. The molecule has 2 nitrogen and oxygen atoms in total. The molecular weight excluding hydrogens is 297 g/mol. The summed E-state index contributed by atoms with van der Waals surface area (Å²) in [5, 5.41) is 1.94. The molecule has 0 spiro atoms. The number of nitrogens with zero attached hydrogens (tertiary/aromatic N) is 1. The highest BCUT2D eigenvalue weighted by Crippen LogP contribution is 2.22. The summed E-state index contributed by atoms with van der Waals surface area (Å²) in [4.78, 5) is 12.8. The van der Waals surface area contributed by atoms with Crippen molar-refractivity contribution < 1.29 is 0 Å². The molecule has 0 saturated heterocycles. The van der Waals surface area contributed by atoms with Gasteiger partial charge in [-0.1, -0.05) is 0 Å². The molecule has 0 atom stereocenters. The number of halogens is 1. The molecule has 4 heteroatoms. The summed E-state index contributed by atoms with van der Waals surface area (Å²) < 4.78 is 2.90. The van der Waals surface area contributed by atoms with Crippen molar-refractivity contribution >= 4 is 38.8 Å². The van der Waals surface area contributed by atoms with Crippen LogP contribution < -0.4 is 5.56 Å². The van der Waals surface area contributed by atoms with Crippen molar-refractivity contribution in [1.82, 2.24) is 4.40 Å². The van der Waals surface area contributed by atoms with Crippen molar-refractivity contribution in [2.24, 2.45) is 0 Å². The summed E-state index contributed by atoms with van der Waals surface area (Å²) >= 11 is 3.90. The summed E-state index contributed by atoms with van der Waals surface area (Å²) in [6.45, 7) is 3.88. The summed E-state index contributed by atoms with van der Waals surface area (Å²) in [7, 11) is 0. The maximum Gasteiger partial charge on any atom is 0.258 e. The van der Waals surface area contributed by atoms with Crippen molar-refractivity contribution in [1.29, 1.82) is 0 Å². The number of thiazole rings is 1. The Labute approximate surface area is 93.4 Å². The van der Waals surface area contributed by atoms with Crippen molar-refractivity contribution in [2.45, 2.75) is 13.8 Å². The second kappa shape index (κ2) is 3.09. The molecule has 0 amide bonds. The number of pyridine rings is 1. The number of hydrogen-bond acceptors (Lipinski definition) is 2. The van der Waals surface area contributed by atoms with Gasteiger partial charge in [-0.3, -0.25) is 9.20 Å². The average Bonchev–Trinajstić information content (AvgIpc) is 2.59. The Morgan fingerprint density at radius 3 is 2.77 bits per heavy atom. The first-order valence-corrected chi connectivity index (χ1v) is 5.83. The lowest BCUT2D eigenvalue weighted by Gasteiger charge is -2.03. The zero-order valence-electron chi connectivity index (χ0n) is 7.30. The lowest BCUT2D eigenvalue weighted by molar-refractivity contribution is 1.06. The minimum atomic E-state index is 0.106. The molecular formula is C9H8INOS. The molecule has 0 fully saturated rings. The highest BCUT2D eigenvalue weighted by atomic mass is 127. The van der Waals surface area contributed by atoms with Gasteiger partial charge >= 0.3 is 0 Å². The highest BCUT2D eigenvalue weighted by molar-refractivity contribution is 14.1. The molecule has 2 aromatic rings. The maximum absolute atomic E-state index is 11.7.